The van der Waals surface area contributed by atoms with Gasteiger partial charge in [0.05, 0.1) is 6.61 Å². The Hall–Kier alpha value is -1.75. The minimum Gasteiger partial charge on any atom is -0.490 e. The Balaban J connectivity index is 2.99. The molecule has 0 saturated carbocycles. The average molecular weight is 252 g/mol. The van der Waals surface area contributed by atoms with Gasteiger partial charge in [-0.1, -0.05) is 12.1 Å². The SMILES string of the molecule is CCOc1cccc(CC(C)N)c1OCC(N)=O. The second-order valence-corrected chi connectivity index (χ2v) is 4.11. The van der Waals surface area contributed by atoms with E-state index in [4.69, 9.17) is 20.9 Å². The molecule has 18 heavy (non-hydrogen) atoms. The summed E-state index contributed by atoms with van der Waals surface area (Å²) in [6.45, 7) is 4.14. The van der Waals surface area contributed by atoms with Crippen molar-refractivity contribution in [1.29, 1.82) is 0 Å². The number of carbonyl (C=O) groups excluding carboxylic acids is 1. The number of benzene rings is 1. The first-order valence-corrected chi connectivity index (χ1v) is 5.96. The fraction of sp³-hybridized carbons (Fsp3) is 0.462. The van der Waals surface area contributed by atoms with Gasteiger partial charge >= 0.3 is 0 Å². The highest BCUT2D eigenvalue weighted by atomic mass is 16.5. The molecule has 0 aliphatic carbocycles. The summed E-state index contributed by atoms with van der Waals surface area (Å²) in [7, 11) is 0. The molecule has 0 aliphatic rings. The number of primary amides is 1. The van der Waals surface area contributed by atoms with Gasteiger partial charge in [0.1, 0.15) is 0 Å². The predicted molar refractivity (Wildman–Crippen MR) is 69.7 cm³/mol. The van der Waals surface area contributed by atoms with E-state index in [0.29, 0.717) is 24.5 Å². The summed E-state index contributed by atoms with van der Waals surface area (Å²) in [5.74, 6) is 0.639. The van der Waals surface area contributed by atoms with Crippen molar-refractivity contribution in [2.24, 2.45) is 11.5 Å². The maximum Gasteiger partial charge on any atom is 0.255 e. The van der Waals surface area contributed by atoms with E-state index in [-0.39, 0.29) is 12.6 Å². The summed E-state index contributed by atoms with van der Waals surface area (Å²) >= 11 is 0. The summed E-state index contributed by atoms with van der Waals surface area (Å²) in [5.41, 5.74) is 11.8. The van der Waals surface area contributed by atoms with E-state index in [0.717, 1.165) is 5.56 Å². The molecule has 1 amide bonds. The Morgan fingerprint density at radius 1 is 1.39 bits per heavy atom. The van der Waals surface area contributed by atoms with E-state index < -0.39 is 5.91 Å². The number of hydrogen-bond donors (Lipinski definition) is 2. The average Bonchev–Trinajstić information content (AvgIpc) is 2.27. The standard InChI is InChI=1S/C13H20N2O3/c1-3-17-11-6-4-5-10(7-9(2)14)13(11)18-8-12(15)16/h4-6,9H,3,7-8,14H2,1-2H3,(H2,15,16). The highest BCUT2D eigenvalue weighted by Gasteiger charge is 2.13. The molecule has 0 spiro atoms. The van der Waals surface area contributed by atoms with E-state index >= 15 is 0 Å². The Morgan fingerprint density at radius 3 is 2.67 bits per heavy atom. The molecule has 1 aromatic carbocycles. The van der Waals surface area contributed by atoms with Gasteiger partial charge in [-0.25, -0.2) is 0 Å². The maximum absolute atomic E-state index is 10.8. The fourth-order valence-corrected chi connectivity index (χ4v) is 1.65. The third-order valence-corrected chi connectivity index (χ3v) is 2.26. The monoisotopic (exact) mass is 252 g/mol. The van der Waals surface area contributed by atoms with Crippen molar-refractivity contribution >= 4 is 5.91 Å². The third-order valence-electron chi connectivity index (χ3n) is 2.26. The van der Waals surface area contributed by atoms with Crippen LogP contribution in [0.5, 0.6) is 11.5 Å². The second kappa shape index (κ2) is 6.86. The lowest BCUT2D eigenvalue weighted by Crippen LogP contribution is -2.22. The van der Waals surface area contributed by atoms with Crippen molar-refractivity contribution in [2.75, 3.05) is 13.2 Å². The van der Waals surface area contributed by atoms with E-state index in [9.17, 15) is 4.79 Å². The normalized spacial score (nSPS) is 11.9. The molecule has 4 N–H and O–H groups in total. The van der Waals surface area contributed by atoms with Crippen LogP contribution in [0.1, 0.15) is 19.4 Å². The van der Waals surface area contributed by atoms with E-state index in [1.54, 1.807) is 6.07 Å². The van der Waals surface area contributed by atoms with Crippen LogP contribution in [0.4, 0.5) is 0 Å². The van der Waals surface area contributed by atoms with Crippen molar-refractivity contribution < 1.29 is 14.3 Å². The van der Waals surface area contributed by atoms with Gasteiger partial charge in [-0.3, -0.25) is 4.79 Å². The summed E-state index contributed by atoms with van der Waals surface area (Å²) in [6, 6.07) is 5.57. The number of amides is 1. The van der Waals surface area contributed by atoms with Crippen LogP contribution in [0.25, 0.3) is 0 Å². The van der Waals surface area contributed by atoms with Crippen LogP contribution in [0.15, 0.2) is 18.2 Å². The number of rotatable bonds is 7. The van der Waals surface area contributed by atoms with Gasteiger partial charge in [-0.2, -0.15) is 0 Å². The number of para-hydroxylation sites is 1. The number of hydrogen-bond acceptors (Lipinski definition) is 4. The van der Waals surface area contributed by atoms with Crippen LogP contribution < -0.4 is 20.9 Å². The molecule has 0 bridgehead atoms. The minimum atomic E-state index is -0.520. The molecule has 100 valence electrons. The number of nitrogens with two attached hydrogens (primary N) is 2. The van der Waals surface area contributed by atoms with Crippen LogP contribution in [0, 0.1) is 0 Å². The molecule has 0 fully saturated rings. The highest BCUT2D eigenvalue weighted by Crippen LogP contribution is 2.32. The Labute approximate surface area is 107 Å². The molecule has 5 nitrogen and oxygen atoms in total. The van der Waals surface area contributed by atoms with E-state index in [2.05, 4.69) is 0 Å². The first-order valence-electron chi connectivity index (χ1n) is 5.96. The third kappa shape index (κ3) is 4.25. The molecular weight excluding hydrogens is 232 g/mol. The highest BCUT2D eigenvalue weighted by molar-refractivity contribution is 5.75. The van der Waals surface area contributed by atoms with Crippen molar-refractivity contribution in [2.45, 2.75) is 26.3 Å². The molecule has 0 aromatic heterocycles. The first kappa shape index (κ1) is 14.3. The Bertz CT molecular complexity index is 405. The topological polar surface area (TPSA) is 87.6 Å². The molecule has 5 heteroatoms. The lowest BCUT2D eigenvalue weighted by atomic mass is 10.1. The molecule has 1 rings (SSSR count). The molecule has 0 saturated heterocycles. The summed E-state index contributed by atoms with van der Waals surface area (Å²) in [5, 5.41) is 0. The molecule has 1 unspecified atom stereocenters. The molecule has 0 radical (unpaired) electrons. The molecule has 1 atom stereocenters. The van der Waals surface area contributed by atoms with Crippen molar-refractivity contribution in [3.63, 3.8) is 0 Å². The zero-order valence-corrected chi connectivity index (χ0v) is 10.8. The Morgan fingerprint density at radius 2 is 2.11 bits per heavy atom. The largest absolute Gasteiger partial charge is 0.490 e. The lowest BCUT2D eigenvalue weighted by molar-refractivity contribution is -0.119. The molecule has 0 heterocycles. The van der Waals surface area contributed by atoms with Gasteiger partial charge < -0.3 is 20.9 Å². The second-order valence-electron chi connectivity index (χ2n) is 4.11. The van der Waals surface area contributed by atoms with Crippen molar-refractivity contribution in [3.8, 4) is 11.5 Å². The number of carbonyl (C=O) groups is 1. The molecule has 1 aromatic rings. The quantitative estimate of drug-likeness (QED) is 0.752. The molecular formula is C13H20N2O3. The first-order chi connectivity index (χ1) is 8.54. The van der Waals surface area contributed by atoms with Crippen LogP contribution >= 0.6 is 0 Å². The van der Waals surface area contributed by atoms with Gasteiger partial charge in [-0.15, -0.1) is 0 Å². The van der Waals surface area contributed by atoms with Crippen molar-refractivity contribution in [3.05, 3.63) is 23.8 Å². The van der Waals surface area contributed by atoms with Crippen LogP contribution in [-0.4, -0.2) is 25.2 Å². The van der Waals surface area contributed by atoms with Gasteiger partial charge in [0.15, 0.2) is 18.1 Å². The minimum absolute atomic E-state index is 0.00203. The van der Waals surface area contributed by atoms with Crippen molar-refractivity contribution in [1.82, 2.24) is 0 Å². The predicted octanol–water partition coefficient (Wildman–Crippen LogP) is 0.839. The molecule has 0 aliphatic heterocycles. The van der Waals surface area contributed by atoms with Gasteiger partial charge in [-0.05, 0) is 31.9 Å². The maximum atomic E-state index is 10.8. The summed E-state index contributed by atoms with van der Waals surface area (Å²) < 4.78 is 10.9. The summed E-state index contributed by atoms with van der Waals surface area (Å²) in [6.07, 6.45) is 0.648. The smallest absolute Gasteiger partial charge is 0.255 e. The summed E-state index contributed by atoms with van der Waals surface area (Å²) in [4.78, 5) is 10.8. The number of ether oxygens (including phenoxy) is 2. The fourth-order valence-electron chi connectivity index (χ4n) is 1.65. The van der Waals surface area contributed by atoms with Crippen LogP contribution in [-0.2, 0) is 11.2 Å². The zero-order valence-electron chi connectivity index (χ0n) is 10.8. The van der Waals surface area contributed by atoms with Gasteiger partial charge in [0, 0.05) is 6.04 Å². The zero-order chi connectivity index (χ0) is 13.5. The van der Waals surface area contributed by atoms with Crippen LogP contribution in [0.2, 0.25) is 0 Å². The lowest BCUT2D eigenvalue weighted by Gasteiger charge is -2.16. The van der Waals surface area contributed by atoms with Crippen LogP contribution in [0.3, 0.4) is 0 Å². The van der Waals surface area contributed by atoms with Gasteiger partial charge in [0.2, 0.25) is 0 Å². The Kier molecular flexibility index (Phi) is 5.45. The van der Waals surface area contributed by atoms with E-state index in [1.165, 1.54) is 0 Å². The van der Waals surface area contributed by atoms with Gasteiger partial charge in [0.25, 0.3) is 5.91 Å². The van der Waals surface area contributed by atoms with E-state index in [1.807, 2.05) is 26.0 Å².